The number of amides is 2. The van der Waals surface area contributed by atoms with Gasteiger partial charge in [0.2, 0.25) is 11.8 Å². The van der Waals surface area contributed by atoms with Crippen molar-refractivity contribution in [2.75, 3.05) is 53.5 Å². The lowest BCUT2D eigenvalue weighted by Gasteiger charge is -2.70. The molecule has 13 nitrogen and oxygen atoms in total. The molecule has 0 aromatic heterocycles. The minimum Gasteiger partial charge on any atom is -0.461 e. The lowest BCUT2D eigenvalue weighted by molar-refractivity contribution is -0.320. The van der Waals surface area contributed by atoms with Gasteiger partial charge in [-0.25, -0.2) is 4.79 Å². The molecular formula is C37H53N3O10. The number of carbonyl (C=O) groups is 3. The quantitative estimate of drug-likeness (QED) is 0.233. The van der Waals surface area contributed by atoms with E-state index in [1.165, 1.54) is 0 Å². The molecule has 1 heterocycles. The molecule has 5 saturated carbocycles. The number of piperidine rings is 1. The molecular weight excluding hydrogens is 646 g/mol. The topological polar surface area (TPSA) is 179 Å². The van der Waals surface area contributed by atoms with Crippen LogP contribution >= 0.6 is 0 Å². The highest BCUT2D eigenvalue weighted by Crippen LogP contribution is 2.80. The van der Waals surface area contributed by atoms with Crippen LogP contribution in [0.25, 0.3) is 0 Å². The third-order valence-electron chi connectivity index (χ3n) is 14.2. The van der Waals surface area contributed by atoms with Crippen LogP contribution < -0.4 is 11.1 Å². The van der Waals surface area contributed by atoms with Crippen LogP contribution in [0.4, 0.5) is 5.69 Å². The van der Waals surface area contributed by atoms with Crippen molar-refractivity contribution in [3.63, 3.8) is 0 Å². The zero-order chi connectivity index (χ0) is 36.0. The van der Waals surface area contributed by atoms with Gasteiger partial charge in [-0.15, -0.1) is 0 Å². The summed E-state index contributed by atoms with van der Waals surface area (Å²) < 4.78 is 31.3. The molecule has 7 rings (SSSR count). The predicted molar refractivity (Wildman–Crippen MR) is 180 cm³/mol. The first-order chi connectivity index (χ1) is 23.8. The van der Waals surface area contributed by atoms with Crippen LogP contribution in [-0.4, -0.2) is 123 Å². The molecule has 5 aliphatic carbocycles. The SMILES string of the molecule is CCN1C[C@@]2(COC(=O)c3ccccc3NC(=O)C[C@H](C)C(N)=O)CC[C@H](OC)[C@@]34[C@@H]5C[C@@H]6[C@H](OC)[C@@H]5[C@@](O)(C[C@H]6OC)[C@@](O)([C@@H](OC)[C@H]23)[C@@H]14. The Bertz CT molecular complexity index is 1530. The van der Waals surface area contributed by atoms with Crippen molar-refractivity contribution in [2.24, 2.45) is 46.2 Å². The van der Waals surface area contributed by atoms with Gasteiger partial charge < -0.3 is 44.9 Å². The van der Waals surface area contributed by atoms with Crippen LogP contribution in [-0.2, 0) is 33.3 Å². The van der Waals surface area contributed by atoms with Gasteiger partial charge in [0, 0.05) is 82.3 Å². The van der Waals surface area contributed by atoms with Crippen LogP contribution in [0.5, 0.6) is 0 Å². The first-order valence-corrected chi connectivity index (χ1v) is 18.0. The lowest BCUT2D eigenvalue weighted by atomic mass is 9.42. The summed E-state index contributed by atoms with van der Waals surface area (Å²) in [6.45, 7) is 4.82. The van der Waals surface area contributed by atoms with E-state index in [2.05, 4.69) is 17.1 Å². The molecule has 6 aliphatic rings. The zero-order valence-electron chi connectivity index (χ0n) is 29.9. The Hall–Kier alpha value is -2.65. The number of benzene rings is 1. The summed E-state index contributed by atoms with van der Waals surface area (Å²) in [5, 5.41) is 29.3. The molecule has 1 aromatic carbocycles. The number of rotatable bonds is 12. The van der Waals surface area contributed by atoms with Gasteiger partial charge in [-0.3, -0.25) is 14.5 Å². The van der Waals surface area contributed by atoms with E-state index >= 15 is 0 Å². The molecule has 1 aliphatic heterocycles. The largest absolute Gasteiger partial charge is 0.461 e. The molecule has 50 heavy (non-hydrogen) atoms. The third-order valence-corrected chi connectivity index (χ3v) is 14.2. The molecule has 0 radical (unpaired) electrons. The van der Waals surface area contributed by atoms with Gasteiger partial charge >= 0.3 is 5.97 Å². The molecule has 2 amide bonds. The van der Waals surface area contributed by atoms with Gasteiger partial charge in [-0.1, -0.05) is 26.0 Å². The number of hydrogen-bond donors (Lipinski definition) is 4. The van der Waals surface area contributed by atoms with Crippen molar-refractivity contribution in [2.45, 2.75) is 87.6 Å². The summed E-state index contributed by atoms with van der Waals surface area (Å²) in [6, 6.07) is 6.16. The molecule has 14 atom stereocenters. The van der Waals surface area contributed by atoms with E-state index in [9.17, 15) is 24.6 Å². The molecule has 6 fully saturated rings. The number of anilines is 1. The average molecular weight is 700 g/mol. The number of esters is 1. The van der Waals surface area contributed by atoms with Crippen LogP contribution in [0.15, 0.2) is 24.3 Å². The van der Waals surface area contributed by atoms with Crippen LogP contribution in [0, 0.1) is 40.4 Å². The summed E-state index contributed by atoms with van der Waals surface area (Å²) in [4.78, 5) is 40.5. The van der Waals surface area contributed by atoms with Gasteiger partial charge in [0.15, 0.2) is 0 Å². The predicted octanol–water partition coefficient (Wildman–Crippen LogP) is 1.59. The Labute approximate surface area is 293 Å². The molecule has 7 bridgehead atoms. The number of likely N-dealkylation sites (tertiary alicyclic amines) is 1. The van der Waals surface area contributed by atoms with Crippen molar-refractivity contribution in [1.82, 2.24) is 4.90 Å². The van der Waals surface area contributed by atoms with Gasteiger partial charge in [0.25, 0.3) is 0 Å². The fourth-order valence-corrected chi connectivity index (χ4v) is 12.6. The van der Waals surface area contributed by atoms with Crippen molar-refractivity contribution in [3.8, 4) is 0 Å². The number of aliphatic hydroxyl groups is 2. The number of hydrogen-bond acceptors (Lipinski definition) is 11. The zero-order valence-corrected chi connectivity index (χ0v) is 29.9. The Balaban J connectivity index is 1.28. The highest BCUT2D eigenvalue weighted by molar-refractivity contribution is 6.02. The second-order valence-corrected chi connectivity index (χ2v) is 15.9. The number of nitrogens with zero attached hydrogens (tertiary/aromatic N) is 1. The van der Waals surface area contributed by atoms with Crippen molar-refractivity contribution in [3.05, 3.63) is 29.8 Å². The minimum atomic E-state index is -1.70. The third kappa shape index (κ3) is 4.46. The molecule has 1 aromatic rings. The van der Waals surface area contributed by atoms with Gasteiger partial charge in [0.1, 0.15) is 11.2 Å². The van der Waals surface area contributed by atoms with E-state index in [-0.39, 0.29) is 72.7 Å². The average Bonchev–Trinajstić information content (AvgIpc) is 3.52. The van der Waals surface area contributed by atoms with E-state index in [0.29, 0.717) is 25.9 Å². The maximum Gasteiger partial charge on any atom is 0.340 e. The molecule has 0 unspecified atom stereocenters. The van der Waals surface area contributed by atoms with Crippen LogP contribution in [0.2, 0.25) is 0 Å². The number of methoxy groups -OCH3 is 4. The Morgan fingerprint density at radius 2 is 1.82 bits per heavy atom. The number of nitrogens with one attached hydrogen (secondary N) is 1. The van der Waals surface area contributed by atoms with Crippen LogP contribution in [0.3, 0.4) is 0 Å². The van der Waals surface area contributed by atoms with Gasteiger partial charge in [-0.2, -0.15) is 0 Å². The minimum absolute atomic E-state index is 0.0405. The molecule has 1 saturated heterocycles. The fraction of sp³-hybridized carbons (Fsp3) is 0.757. The van der Waals surface area contributed by atoms with E-state index in [4.69, 9.17) is 29.4 Å². The molecule has 5 N–H and O–H groups in total. The maximum absolute atomic E-state index is 13.9. The summed E-state index contributed by atoms with van der Waals surface area (Å²) in [5.74, 6) is -3.01. The maximum atomic E-state index is 13.9. The van der Waals surface area contributed by atoms with Crippen molar-refractivity contribution < 1.29 is 48.3 Å². The molecule has 276 valence electrons. The normalized spacial score (nSPS) is 44.4. The first-order valence-electron chi connectivity index (χ1n) is 18.0. The highest BCUT2D eigenvalue weighted by atomic mass is 16.5. The van der Waals surface area contributed by atoms with E-state index < -0.39 is 57.9 Å². The number of para-hydroxylation sites is 1. The lowest BCUT2D eigenvalue weighted by Crippen LogP contribution is -2.82. The van der Waals surface area contributed by atoms with Gasteiger partial charge in [0.05, 0.1) is 48.3 Å². The number of fused-ring (bicyclic) bond motifs is 2. The number of nitrogens with two attached hydrogens (primary N) is 1. The van der Waals surface area contributed by atoms with E-state index in [1.54, 1.807) is 59.6 Å². The first kappa shape index (κ1) is 35.7. The molecule has 13 heteroatoms. The number of carbonyl (C=O) groups excluding carboxylic acids is 3. The molecule has 1 spiro atoms. The summed E-state index contributed by atoms with van der Waals surface area (Å²) in [6.07, 6.45) is 0.591. The number of primary amides is 1. The van der Waals surface area contributed by atoms with Gasteiger partial charge in [-0.05, 0) is 43.9 Å². The second kappa shape index (κ2) is 12.5. The summed E-state index contributed by atoms with van der Waals surface area (Å²) in [7, 11) is 6.69. The summed E-state index contributed by atoms with van der Waals surface area (Å²) in [5.41, 5.74) is 1.27. The van der Waals surface area contributed by atoms with Crippen LogP contribution in [0.1, 0.15) is 56.3 Å². The number of ether oxygens (including phenoxy) is 5. The smallest absolute Gasteiger partial charge is 0.340 e. The van der Waals surface area contributed by atoms with E-state index in [0.717, 1.165) is 6.42 Å². The van der Waals surface area contributed by atoms with E-state index in [1.807, 2.05) is 0 Å². The summed E-state index contributed by atoms with van der Waals surface area (Å²) >= 11 is 0. The number of likely N-dealkylation sites (N-methyl/N-ethyl adjacent to an activating group) is 1. The fourth-order valence-electron chi connectivity index (χ4n) is 12.6. The van der Waals surface area contributed by atoms with Crippen molar-refractivity contribution in [1.29, 1.82) is 0 Å². The highest BCUT2D eigenvalue weighted by Gasteiger charge is 2.91. The Morgan fingerprint density at radius 3 is 2.46 bits per heavy atom. The Kier molecular flexibility index (Phi) is 8.93. The Morgan fingerprint density at radius 1 is 1.08 bits per heavy atom. The standard InChI is InChI=1S/C37H53N3O10/c1-7-40-17-34(18-50-32(43)20-10-8-9-11-23(20)39-26(41)14-19(2)31(38)42)13-12-25(47-4)36-22-15-21-24(46-3)16-35(44,27(22)28(21)48-5)37(45,33(36)40)30(49-6)29(34)36/h8-11,19,21-22,24-25,27-30,33,44-45H,7,12-18H2,1-6H3,(H2,38,42)(H,39,41)/t19-,21-,22+,24+,25-,27+,28-,29+,30-,33-,34+,35-,36-,37+/m0/s1. The monoisotopic (exact) mass is 699 g/mol. The second-order valence-electron chi connectivity index (χ2n) is 15.9. The van der Waals surface area contributed by atoms with Crippen molar-refractivity contribution >= 4 is 23.5 Å².